The zero-order chi connectivity index (χ0) is 13.4. The molecule has 0 aliphatic rings. The lowest BCUT2D eigenvalue weighted by molar-refractivity contribution is -0.141. The Kier molecular flexibility index (Phi) is 5.69. The SMILES string of the molecule is CCOC(=O)CNC(=O)NC(C)Cn1cccn1. The zero-order valence-corrected chi connectivity index (χ0v) is 10.5. The van der Waals surface area contributed by atoms with Crippen molar-refractivity contribution >= 4 is 12.0 Å². The summed E-state index contributed by atoms with van der Waals surface area (Å²) in [7, 11) is 0. The van der Waals surface area contributed by atoms with Crippen LogP contribution in [-0.2, 0) is 16.1 Å². The molecule has 18 heavy (non-hydrogen) atoms. The first-order valence-electron chi connectivity index (χ1n) is 5.79. The summed E-state index contributed by atoms with van der Waals surface area (Å²) in [5.41, 5.74) is 0. The predicted octanol–water partition coefficient (Wildman–Crippen LogP) is 0.134. The van der Waals surface area contributed by atoms with E-state index in [2.05, 4.69) is 20.5 Å². The Morgan fingerprint density at radius 3 is 2.89 bits per heavy atom. The van der Waals surface area contributed by atoms with Crippen molar-refractivity contribution in [3.63, 3.8) is 0 Å². The minimum Gasteiger partial charge on any atom is -0.465 e. The number of rotatable bonds is 6. The molecule has 1 aromatic rings. The van der Waals surface area contributed by atoms with Crippen LogP contribution in [0.15, 0.2) is 18.5 Å². The van der Waals surface area contributed by atoms with Crippen LogP contribution in [-0.4, -0.2) is 41.0 Å². The maximum absolute atomic E-state index is 11.4. The van der Waals surface area contributed by atoms with Crippen molar-refractivity contribution in [3.8, 4) is 0 Å². The number of carbonyl (C=O) groups excluding carboxylic acids is 2. The van der Waals surface area contributed by atoms with Crippen LogP contribution in [0.25, 0.3) is 0 Å². The van der Waals surface area contributed by atoms with Gasteiger partial charge < -0.3 is 15.4 Å². The summed E-state index contributed by atoms with van der Waals surface area (Å²) >= 11 is 0. The molecule has 0 aliphatic heterocycles. The third-order valence-corrected chi connectivity index (χ3v) is 2.10. The van der Waals surface area contributed by atoms with Crippen LogP contribution in [0.4, 0.5) is 4.79 Å². The van der Waals surface area contributed by atoms with Crippen molar-refractivity contribution in [1.82, 2.24) is 20.4 Å². The van der Waals surface area contributed by atoms with Gasteiger partial charge in [0.15, 0.2) is 0 Å². The molecule has 7 heteroatoms. The number of ether oxygens (including phenoxy) is 1. The summed E-state index contributed by atoms with van der Waals surface area (Å²) in [6.07, 6.45) is 3.49. The summed E-state index contributed by atoms with van der Waals surface area (Å²) in [5, 5.41) is 9.15. The van der Waals surface area contributed by atoms with Crippen LogP contribution in [0.3, 0.4) is 0 Å². The Bertz CT molecular complexity index is 378. The number of hydrogen-bond acceptors (Lipinski definition) is 4. The van der Waals surface area contributed by atoms with Crippen molar-refractivity contribution in [2.45, 2.75) is 26.4 Å². The van der Waals surface area contributed by atoms with Gasteiger partial charge in [0.05, 0.1) is 13.2 Å². The lowest BCUT2D eigenvalue weighted by atomic mass is 10.3. The molecule has 0 saturated carbocycles. The van der Waals surface area contributed by atoms with Gasteiger partial charge in [0.1, 0.15) is 6.54 Å². The van der Waals surface area contributed by atoms with Crippen LogP contribution in [0.1, 0.15) is 13.8 Å². The van der Waals surface area contributed by atoms with Crippen LogP contribution in [0.5, 0.6) is 0 Å². The molecule has 0 aliphatic carbocycles. The molecule has 1 aromatic heterocycles. The summed E-state index contributed by atoms with van der Waals surface area (Å²) in [4.78, 5) is 22.4. The maximum Gasteiger partial charge on any atom is 0.325 e. The average Bonchev–Trinajstić information content (AvgIpc) is 2.79. The van der Waals surface area contributed by atoms with Gasteiger partial charge >= 0.3 is 12.0 Å². The Morgan fingerprint density at radius 2 is 2.28 bits per heavy atom. The molecule has 0 fully saturated rings. The monoisotopic (exact) mass is 254 g/mol. The summed E-state index contributed by atoms with van der Waals surface area (Å²) < 4.78 is 6.41. The number of amides is 2. The van der Waals surface area contributed by atoms with Crippen LogP contribution in [0.2, 0.25) is 0 Å². The molecule has 0 saturated heterocycles. The molecule has 0 spiro atoms. The summed E-state index contributed by atoms with van der Waals surface area (Å²) in [6, 6.07) is 1.32. The van der Waals surface area contributed by atoms with Gasteiger partial charge in [0.25, 0.3) is 0 Å². The highest BCUT2D eigenvalue weighted by Gasteiger charge is 2.09. The molecule has 0 aromatic carbocycles. The lowest BCUT2D eigenvalue weighted by Gasteiger charge is -2.14. The zero-order valence-electron chi connectivity index (χ0n) is 10.5. The second kappa shape index (κ2) is 7.31. The van der Waals surface area contributed by atoms with Crippen molar-refractivity contribution in [2.24, 2.45) is 0 Å². The number of nitrogens with zero attached hydrogens (tertiary/aromatic N) is 2. The van der Waals surface area contributed by atoms with Crippen molar-refractivity contribution in [2.75, 3.05) is 13.2 Å². The molecule has 2 N–H and O–H groups in total. The van der Waals surface area contributed by atoms with Gasteiger partial charge in [-0.15, -0.1) is 0 Å². The average molecular weight is 254 g/mol. The highest BCUT2D eigenvalue weighted by molar-refractivity contribution is 5.80. The van der Waals surface area contributed by atoms with Gasteiger partial charge in [-0.25, -0.2) is 4.79 Å². The van der Waals surface area contributed by atoms with Gasteiger partial charge in [0.2, 0.25) is 0 Å². The third-order valence-electron chi connectivity index (χ3n) is 2.10. The van der Waals surface area contributed by atoms with E-state index in [1.54, 1.807) is 17.8 Å². The fraction of sp³-hybridized carbons (Fsp3) is 0.545. The van der Waals surface area contributed by atoms with Gasteiger partial charge in [-0.05, 0) is 19.9 Å². The first-order chi connectivity index (χ1) is 8.61. The van der Waals surface area contributed by atoms with E-state index in [0.29, 0.717) is 13.2 Å². The number of hydrogen-bond donors (Lipinski definition) is 2. The molecular weight excluding hydrogens is 236 g/mol. The minimum absolute atomic E-state index is 0.0907. The Balaban J connectivity index is 2.21. The van der Waals surface area contributed by atoms with E-state index in [9.17, 15) is 9.59 Å². The minimum atomic E-state index is -0.452. The molecule has 1 heterocycles. The smallest absolute Gasteiger partial charge is 0.325 e. The van der Waals surface area contributed by atoms with E-state index >= 15 is 0 Å². The van der Waals surface area contributed by atoms with E-state index < -0.39 is 12.0 Å². The largest absolute Gasteiger partial charge is 0.465 e. The predicted molar refractivity (Wildman–Crippen MR) is 64.9 cm³/mol. The fourth-order valence-electron chi connectivity index (χ4n) is 1.37. The first-order valence-corrected chi connectivity index (χ1v) is 5.79. The second-order valence-corrected chi connectivity index (χ2v) is 3.76. The van der Waals surface area contributed by atoms with Crippen LogP contribution >= 0.6 is 0 Å². The van der Waals surface area contributed by atoms with Crippen molar-refractivity contribution in [3.05, 3.63) is 18.5 Å². The highest BCUT2D eigenvalue weighted by Crippen LogP contribution is 1.90. The molecular formula is C11H18N4O3. The van der Waals surface area contributed by atoms with Crippen molar-refractivity contribution < 1.29 is 14.3 Å². The van der Waals surface area contributed by atoms with Crippen LogP contribution in [0, 0.1) is 0 Å². The van der Waals surface area contributed by atoms with E-state index in [1.165, 1.54) is 0 Å². The standard InChI is InChI=1S/C11H18N4O3/c1-3-18-10(16)7-12-11(17)14-9(2)8-15-6-4-5-13-15/h4-6,9H,3,7-8H2,1-2H3,(H2,12,14,17). The Hall–Kier alpha value is -2.05. The molecule has 100 valence electrons. The Morgan fingerprint density at radius 1 is 1.50 bits per heavy atom. The number of esters is 1. The molecule has 1 unspecified atom stereocenters. The summed E-state index contributed by atoms with van der Waals surface area (Å²) in [6.45, 7) is 4.31. The van der Waals surface area contributed by atoms with Gasteiger partial charge in [-0.2, -0.15) is 5.10 Å². The number of carbonyl (C=O) groups is 2. The molecule has 7 nitrogen and oxygen atoms in total. The quantitative estimate of drug-likeness (QED) is 0.707. The molecule has 0 bridgehead atoms. The maximum atomic E-state index is 11.4. The van der Waals surface area contributed by atoms with Gasteiger partial charge in [-0.3, -0.25) is 9.48 Å². The molecule has 1 rings (SSSR count). The molecule has 1 atom stereocenters. The topological polar surface area (TPSA) is 85.2 Å². The summed E-state index contributed by atoms with van der Waals surface area (Å²) in [5.74, 6) is -0.452. The number of urea groups is 1. The van der Waals surface area contributed by atoms with Crippen LogP contribution < -0.4 is 10.6 Å². The molecule has 0 radical (unpaired) electrons. The molecule has 2 amide bonds. The van der Waals surface area contributed by atoms with Gasteiger partial charge in [0, 0.05) is 18.4 Å². The normalized spacial score (nSPS) is 11.7. The lowest BCUT2D eigenvalue weighted by Crippen LogP contribution is -2.44. The highest BCUT2D eigenvalue weighted by atomic mass is 16.5. The van der Waals surface area contributed by atoms with Crippen molar-refractivity contribution in [1.29, 1.82) is 0 Å². The van der Waals surface area contributed by atoms with Gasteiger partial charge in [-0.1, -0.05) is 0 Å². The second-order valence-electron chi connectivity index (χ2n) is 3.76. The fourth-order valence-corrected chi connectivity index (χ4v) is 1.37. The third kappa shape index (κ3) is 5.33. The first kappa shape index (κ1) is 14.0. The van der Waals surface area contributed by atoms with E-state index in [0.717, 1.165) is 0 Å². The number of nitrogens with one attached hydrogen (secondary N) is 2. The van der Waals surface area contributed by atoms with E-state index in [1.807, 2.05) is 19.2 Å². The number of aromatic nitrogens is 2. The Labute approximate surface area is 105 Å². The van der Waals surface area contributed by atoms with E-state index in [4.69, 9.17) is 0 Å². The van der Waals surface area contributed by atoms with E-state index in [-0.39, 0.29) is 12.6 Å².